The summed E-state index contributed by atoms with van der Waals surface area (Å²) in [6, 6.07) is 10.4. The summed E-state index contributed by atoms with van der Waals surface area (Å²) in [5.74, 6) is -0.475. The number of amides is 1. The van der Waals surface area contributed by atoms with Crippen molar-refractivity contribution in [2.75, 3.05) is 0 Å². The van der Waals surface area contributed by atoms with Crippen LogP contribution in [0.25, 0.3) is 0 Å². The van der Waals surface area contributed by atoms with Gasteiger partial charge in [0.05, 0.1) is 16.2 Å². The van der Waals surface area contributed by atoms with Gasteiger partial charge in [-0.25, -0.2) is 5.43 Å². The highest BCUT2D eigenvalue weighted by molar-refractivity contribution is 7.14. The Labute approximate surface area is 121 Å². The van der Waals surface area contributed by atoms with Crippen LogP contribution in [0.4, 0.5) is 0 Å². The van der Waals surface area contributed by atoms with Gasteiger partial charge in [-0.05, 0) is 37.6 Å². The number of nitrogens with zero attached hydrogens (tertiary/aromatic N) is 1. The molecule has 0 atom stereocenters. The molecule has 2 N–H and O–H groups in total. The third-order valence-corrected chi connectivity index (χ3v) is 4.18. The number of aromatic hydroxyl groups is 1. The minimum Gasteiger partial charge on any atom is -0.507 e. The van der Waals surface area contributed by atoms with Crippen LogP contribution in [-0.2, 0) is 6.42 Å². The highest BCUT2D eigenvalue weighted by Crippen LogP contribution is 2.18. The minimum atomic E-state index is -0.422. The van der Waals surface area contributed by atoms with Gasteiger partial charge in [0.2, 0.25) is 0 Å². The Kier molecular flexibility index (Phi) is 4.53. The van der Waals surface area contributed by atoms with Crippen molar-refractivity contribution >= 4 is 23.0 Å². The van der Waals surface area contributed by atoms with Gasteiger partial charge < -0.3 is 5.11 Å². The van der Waals surface area contributed by atoms with Crippen molar-refractivity contribution in [1.82, 2.24) is 5.43 Å². The molecule has 104 valence electrons. The van der Waals surface area contributed by atoms with Crippen LogP contribution in [0.1, 0.15) is 34.0 Å². The number of aryl methyl sites for hydroxylation is 1. The lowest BCUT2D eigenvalue weighted by Crippen LogP contribution is -2.19. The second-order valence-corrected chi connectivity index (χ2v) is 5.44. The van der Waals surface area contributed by atoms with Crippen LogP contribution >= 0.6 is 11.3 Å². The number of benzene rings is 1. The first-order chi connectivity index (χ1) is 9.61. The lowest BCUT2D eigenvalue weighted by molar-refractivity contribution is 0.0952. The van der Waals surface area contributed by atoms with Gasteiger partial charge in [0.25, 0.3) is 5.91 Å². The maximum absolute atomic E-state index is 11.9. The molecule has 0 unspecified atom stereocenters. The number of thiophene rings is 1. The van der Waals surface area contributed by atoms with Crippen LogP contribution in [-0.4, -0.2) is 16.7 Å². The molecule has 0 aliphatic carbocycles. The molecule has 0 spiro atoms. The van der Waals surface area contributed by atoms with Crippen LogP contribution in [0.2, 0.25) is 0 Å². The number of carbonyl (C=O) groups is 1. The van der Waals surface area contributed by atoms with Gasteiger partial charge >= 0.3 is 0 Å². The molecule has 1 aromatic carbocycles. The molecule has 5 heteroatoms. The van der Waals surface area contributed by atoms with E-state index in [-0.39, 0.29) is 11.3 Å². The Bertz CT molecular complexity index is 647. The summed E-state index contributed by atoms with van der Waals surface area (Å²) in [5.41, 5.74) is 3.42. The molecule has 0 fully saturated rings. The van der Waals surface area contributed by atoms with Crippen LogP contribution in [0.5, 0.6) is 5.75 Å². The summed E-state index contributed by atoms with van der Waals surface area (Å²) in [4.78, 5) is 14.2. The molecule has 1 heterocycles. The Morgan fingerprint density at radius 2 is 2.05 bits per heavy atom. The Hall–Kier alpha value is -2.14. The fourth-order valence-electron chi connectivity index (χ4n) is 1.68. The zero-order valence-corrected chi connectivity index (χ0v) is 12.2. The summed E-state index contributed by atoms with van der Waals surface area (Å²) < 4.78 is 0. The summed E-state index contributed by atoms with van der Waals surface area (Å²) >= 11 is 1.66. The number of phenols is 1. The molecule has 2 rings (SSSR count). The average molecular weight is 288 g/mol. The number of hydrazone groups is 1. The maximum Gasteiger partial charge on any atom is 0.275 e. The zero-order valence-electron chi connectivity index (χ0n) is 11.4. The Balaban J connectivity index is 2.09. The van der Waals surface area contributed by atoms with Gasteiger partial charge in [0.15, 0.2) is 0 Å². The van der Waals surface area contributed by atoms with Gasteiger partial charge in [0, 0.05) is 4.88 Å². The number of carbonyl (C=O) groups excluding carboxylic acids is 1. The largest absolute Gasteiger partial charge is 0.507 e. The van der Waals surface area contributed by atoms with E-state index < -0.39 is 5.91 Å². The van der Waals surface area contributed by atoms with E-state index in [1.807, 2.05) is 13.0 Å². The first-order valence-corrected chi connectivity index (χ1v) is 7.15. The average Bonchev–Trinajstić information content (AvgIpc) is 2.94. The van der Waals surface area contributed by atoms with Crippen LogP contribution in [0, 0.1) is 0 Å². The summed E-state index contributed by atoms with van der Waals surface area (Å²) in [7, 11) is 0. The molecule has 0 radical (unpaired) electrons. The van der Waals surface area contributed by atoms with Gasteiger partial charge in [0.1, 0.15) is 5.75 Å². The maximum atomic E-state index is 11.9. The van der Waals surface area contributed by atoms with Crippen molar-refractivity contribution in [3.05, 3.63) is 51.7 Å². The van der Waals surface area contributed by atoms with Crippen LogP contribution < -0.4 is 5.43 Å². The molecule has 1 aromatic heterocycles. The third-order valence-electron chi connectivity index (χ3n) is 2.84. The second kappa shape index (κ2) is 6.34. The van der Waals surface area contributed by atoms with Crippen molar-refractivity contribution in [3.8, 4) is 5.75 Å². The molecule has 0 bridgehead atoms. The van der Waals surface area contributed by atoms with E-state index in [1.165, 1.54) is 10.9 Å². The van der Waals surface area contributed by atoms with Crippen molar-refractivity contribution in [2.24, 2.45) is 5.10 Å². The Morgan fingerprint density at radius 1 is 1.30 bits per heavy atom. The summed E-state index contributed by atoms with van der Waals surface area (Å²) in [6.07, 6.45) is 0.988. The molecule has 0 saturated carbocycles. The van der Waals surface area contributed by atoms with Crippen LogP contribution in [0.15, 0.2) is 41.5 Å². The van der Waals surface area contributed by atoms with E-state index >= 15 is 0 Å². The first kappa shape index (κ1) is 14.3. The fourth-order valence-corrected chi connectivity index (χ4v) is 2.57. The molecule has 2 aromatic rings. The lowest BCUT2D eigenvalue weighted by atomic mass is 10.2. The molecule has 0 aliphatic rings. The highest BCUT2D eigenvalue weighted by atomic mass is 32.1. The SMILES string of the molecule is CCc1ccc(/C(C)=N/NC(=O)c2ccccc2O)s1. The predicted octanol–water partition coefficient (Wildman–Crippen LogP) is 3.17. The zero-order chi connectivity index (χ0) is 14.5. The number of hydrogen-bond donors (Lipinski definition) is 2. The van der Waals surface area contributed by atoms with E-state index in [0.717, 1.165) is 17.0 Å². The van der Waals surface area contributed by atoms with Crippen molar-refractivity contribution in [1.29, 1.82) is 0 Å². The second-order valence-electron chi connectivity index (χ2n) is 4.27. The number of rotatable bonds is 4. The lowest BCUT2D eigenvalue weighted by Gasteiger charge is -2.03. The van der Waals surface area contributed by atoms with E-state index in [1.54, 1.807) is 29.5 Å². The van der Waals surface area contributed by atoms with Gasteiger partial charge in [-0.15, -0.1) is 11.3 Å². The quantitative estimate of drug-likeness (QED) is 0.670. The van der Waals surface area contributed by atoms with Crippen molar-refractivity contribution in [2.45, 2.75) is 20.3 Å². The van der Waals surface area contributed by atoms with Crippen molar-refractivity contribution in [3.63, 3.8) is 0 Å². The minimum absolute atomic E-state index is 0.0535. The fraction of sp³-hybridized carbons (Fsp3) is 0.200. The molecular formula is C15H16N2O2S. The van der Waals surface area contributed by atoms with E-state index in [4.69, 9.17) is 0 Å². The number of para-hydroxylation sites is 1. The topological polar surface area (TPSA) is 61.7 Å². The third kappa shape index (κ3) is 3.24. The van der Waals surface area contributed by atoms with E-state index in [9.17, 15) is 9.90 Å². The molecule has 1 amide bonds. The van der Waals surface area contributed by atoms with E-state index in [2.05, 4.69) is 23.5 Å². The predicted molar refractivity (Wildman–Crippen MR) is 81.5 cm³/mol. The summed E-state index contributed by atoms with van der Waals surface area (Å²) in [6.45, 7) is 3.94. The molecule has 4 nitrogen and oxygen atoms in total. The smallest absolute Gasteiger partial charge is 0.275 e. The first-order valence-electron chi connectivity index (χ1n) is 6.33. The van der Waals surface area contributed by atoms with Gasteiger partial charge in [-0.1, -0.05) is 19.1 Å². The molecule has 0 saturated heterocycles. The summed E-state index contributed by atoms with van der Waals surface area (Å²) in [5, 5.41) is 13.7. The molecule has 20 heavy (non-hydrogen) atoms. The van der Waals surface area contributed by atoms with Gasteiger partial charge in [-0.2, -0.15) is 5.10 Å². The number of hydrogen-bond acceptors (Lipinski definition) is 4. The molecule has 0 aliphatic heterocycles. The standard InChI is InChI=1S/C15H16N2O2S/c1-3-11-8-9-14(20-11)10(2)16-17-15(19)12-6-4-5-7-13(12)18/h4-9,18H,3H2,1-2H3,(H,17,19)/b16-10+. The Morgan fingerprint density at radius 3 is 2.70 bits per heavy atom. The number of phenolic OH excluding ortho intramolecular Hbond substituents is 1. The number of nitrogens with one attached hydrogen (secondary N) is 1. The van der Waals surface area contributed by atoms with Crippen LogP contribution in [0.3, 0.4) is 0 Å². The highest BCUT2D eigenvalue weighted by Gasteiger charge is 2.09. The van der Waals surface area contributed by atoms with Crippen molar-refractivity contribution < 1.29 is 9.90 Å². The molecular weight excluding hydrogens is 272 g/mol. The van der Waals surface area contributed by atoms with Gasteiger partial charge in [-0.3, -0.25) is 4.79 Å². The monoisotopic (exact) mass is 288 g/mol. The van der Waals surface area contributed by atoms with E-state index in [0.29, 0.717) is 0 Å². The normalized spacial score (nSPS) is 11.4.